The third-order valence-corrected chi connectivity index (χ3v) is 8.51. The van der Waals surface area contributed by atoms with Crippen LogP contribution in [0.1, 0.15) is 52.5 Å². The first-order valence-electron chi connectivity index (χ1n) is 13.7. The molecule has 1 aliphatic heterocycles. The topological polar surface area (TPSA) is 86.8 Å². The average molecular weight is 575 g/mol. The molecule has 1 saturated carbocycles. The number of halogens is 3. The van der Waals surface area contributed by atoms with Gasteiger partial charge in [0.05, 0.1) is 30.6 Å². The minimum atomic E-state index is -4.73. The monoisotopic (exact) mass is 574 g/mol. The number of fused-ring (bicyclic) bond motifs is 1. The molecule has 1 amide bonds. The molecule has 6 rings (SSSR count). The fraction of sp³-hybridized carbons (Fsp3) is 0.355. The molecule has 3 heterocycles. The molecule has 216 valence electrons. The quantitative estimate of drug-likeness (QED) is 0.316. The number of aromatic nitrogens is 3. The van der Waals surface area contributed by atoms with Gasteiger partial charge in [0.15, 0.2) is 11.3 Å². The molecule has 1 saturated heterocycles. The third kappa shape index (κ3) is 4.47. The first-order chi connectivity index (χ1) is 20.1. The number of carbonyl (C=O) groups is 1. The van der Waals surface area contributed by atoms with Crippen molar-refractivity contribution >= 4 is 11.6 Å². The van der Waals surface area contributed by atoms with Gasteiger partial charge in [-0.1, -0.05) is 18.2 Å². The Morgan fingerprint density at radius 3 is 2.45 bits per heavy atom. The van der Waals surface area contributed by atoms with Crippen molar-refractivity contribution in [3.05, 3.63) is 82.7 Å². The Balaban J connectivity index is 1.34. The summed E-state index contributed by atoms with van der Waals surface area (Å²) >= 11 is 0. The SMILES string of the molecule is COc1ccc(-c2nc3c(C(=O)N4CCN(C5(c6ccccc6C#N)CC5)C[C@H]4C)cnn3c(C(F)(F)F)c2C)cc1. The summed E-state index contributed by atoms with van der Waals surface area (Å²) in [6.45, 7) is 4.83. The fourth-order valence-electron chi connectivity index (χ4n) is 6.25. The van der Waals surface area contributed by atoms with Gasteiger partial charge in [0.25, 0.3) is 5.91 Å². The molecule has 2 fully saturated rings. The van der Waals surface area contributed by atoms with Crippen molar-refractivity contribution in [1.82, 2.24) is 24.4 Å². The standard InChI is InChI=1S/C31H29F3N6O2/c1-19-18-38(30(12-13-30)25-7-5-4-6-22(25)16-35)14-15-39(19)29(41)24-17-36-40-27(31(32,33)34)20(2)26(37-28(24)40)21-8-10-23(42-3)11-9-21/h4-11,17,19H,12-15,18H2,1-3H3/t19-/m1/s1. The maximum absolute atomic E-state index is 14.3. The van der Waals surface area contributed by atoms with Crippen molar-refractivity contribution in [2.75, 3.05) is 26.7 Å². The molecule has 4 aromatic rings. The minimum absolute atomic E-state index is 0.0199. The number of benzene rings is 2. The number of amides is 1. The van der Waals surface area contributed by atoms with Crippen LogP contribution in [-0.4, -0.2) is 63.1 Å². The molecule has 2 aromatic heterocycles. The summed E-state index contributed by atoms with van der Waals surface area (Å²) in [6, 6.07) is 16.3. The summed E-state index contributed by atoms with van der Waals surface area (Å²) in [7, 11) is 1.51. The van der Waals surface area contributed by atoms with Crippen molar-refractivity contribution in [2.45, 2.75) is 44.4 Å². The second-order valence-electron chi connectivity index (χ2n) is 10.9. The summed E-state index contributed by atoms with van der Waals surface area (Å²) in [5.41, 5.74) is 0.847. The van der Waals surface area contributed by atoms with Crippen molar-refractivity contribution in [1.29, 1.82) is 5.26 Å². The van der Waals surface area contributed by atoms with E-state index in [0.717, 1.165) is 22.9 Å². The lowest BCUT2D eigenvalue weighted by molar-refractivity contribution is -0.143. The van der Waals surface area contributed by atoms with Crippen LogP contribution in [0.4, 0.5) is 13.2 Å². The Morgan fingerprint density at radius 2 is 1.83 bits per heavy atom. The summed E-state index contributed by atoms with van der Waals surface area (Å²) in [4.78, 5) is 22.5. The van der Waals surface area contributed by atoms with E-state index in [1.807, 2.05) is 31.2 Å². The molecule has 8 nitrogen and oxygen atoms in total. The van der Waals surface area contributed by atoms with Gasteiger partial charge in [-0.25, -0.2) is 9.50 Å². The molecule has 42 heavy (non-hydrogen) atoms. The molecule has 11 heteroatoms. The van der Waals surface area contributed by atoms with Crippen LogP contribution < -0.4 is 4.74 Å². The predicted octanol–water partition coefficient (Wildman–Crippen LogP) is 5.44. The number of methoxy groups -OCH3 is 1. The van der Waals surface area contributed by atoms with Gasteiger partial charge >= 0.3 is 6.18 Å². The van der Waals surface area contributed by atoms with Gasteiger partial charge in [0, 0.05) is 42.3 Å². The number of ether oxygens (including phenoxy) is 1. The lowest BCUT2D eigenvalue weighted by atomic mass is 9.96. The van der Waals surface area contributed by atoms with Crippen LogP contribution in [0.5, 0.6) is 5.75 Å². The average Bonchev–Trinajstić information content (AvgIpc) is 3.69. The molecular weight excluding hydrogens is 545 g/mol. The number of nitriles is 1. The first kappa shape index (κ1) is 27.7. The molecule has 2 aliphatic rings. The second kappa shape index (κ2) is 10.1. The van der Waals surface area contributed by atoms with Crippen LogP contribution >= 0.6 is 0 Å². The van der Waals surface area contributed by atoms with Crippen LogP contribution in [0.25, 0.3) is 16.9 Å². The maximum Gasteiger partial charge on any atom is 0.433 e. The number of rotatable bonds is 5. The Hall–Kier alpha value is -4.43. The highest BCUT2D eigenvalue weighted by Gasteiger charge is 2.52. The van der Waals surface area contributed by atoms with Crippen LogP contribution in [0, 0.1) is 18.3 Å². The lowest BCUT2D eigenvalue weighted by Gasteiger charge is -2.44. The number of carbonyl (C=O) groups excluding carboxylic acids is 1. The fourth-order valence-corrected chi connectivity index (χ4v) is 6.25. The van der Waals surface area contributed by atoms with E-state index < -0.39 is 17.8 Å². The Labute approximate surface area is 240 Å². The molecular formula is C31H29F3N6O2. The van der Waals surface area contributed by atoms with Gasteiger partial charge in [-0.15, -0.1) is 0 Å². The van der Waals surface area contributed by atoms with Crippen LogP contribution in [-0.2, 0) is 11.7 Å². The van der Waals surface area contributed by atoms with Crippen LogP contribution in [0.3, 0.4) is 0 Å². The second-order valence-corrected chi connectivity index (χ2v) is 10.9. The normalized spacial score (nSPS) is 18.6. The molecule has 2 aromatic carbocycles. The van der Waals surface area contributed by atoms with E-state index in [-0.39, 0.29) is 34.0 Å². The van der Waals surface area contributed by atoms with E-state index in [4.69, 9.17) is 4.74 Å². The van der Waals surface area contributed by atoms with E-state index in [9.17, 15) is 23.2 Å². The van der Waals surface area contributed by atoms with Crippen molar-refractivity contribution < 1.29 is 22.7 Å². The van der Waals surface area contributed by atoms with Crippen molar-refractivity contribution in [3.8, 4) is 23.1 Å². The third-order valence-electron chi connectivity index (χ3n) is 8.51. The summed E-state index contributed by atoms with van der Waals surface area (Å²) < 4.78 is 49.0. The molecule has 0 N–H and O–H groups in total. The lowest BCUT2D eigenvalue weighted by Crippen LogP contribution is -2.56. The van der Waals surface area contributed by atoms with Gasteiger partial charge in [-0.05, 0) is 62.6 Å². The Kier molecular flexibility index (Phi) is 6.69. The predicted molar refractivity (Wildman–Crippen MR) is 149 cm³/mol. The number of piperazine rings is 1. The van der Waals surface area contributed by atoms with Gasteiger partial charge in [0.2, 0.25) is 0 Å². The van der Waals surface area contributed by atoms with E-state index in [1.54, 1.807) is 29.2 Å². The molecule has 1 aliphatic carbocycles. The van der Waals surface area contributed by atoms with Crippen LogP contribution in [0.15, 0.2) is 54.7 Å². The van der Waals surface area contributed by atoms with E-state index >= 15 is 0 Å². The van der Waals surface area contributed by atoms with Crippen LogP contribution in [0.2, 0.25) is 0 Å². The largest absolute Gasteiger partial charge is 0.497 e. The Morgan fingerprint density at radius 1 is 1.12 bits per heavy atom. The van der Waals surface area contributed by atoms with Gasteiger partial charge in [0.1, 0.15) is 11.3 Å². The highest BCUT2D eigenvalue weighted by atomic mass is 19.4. The minimum Gasteiger partial charge on any atom is -0.497 e. The van der Waals surface area contributed by atoms with Crippen molar-refractivity contribution in [3.63, 3.8) is 0 Å². The summed E-state index contributed by atoms with van der Waals surface area (Å²) in [5.74, 6) is 0.149. The molecule has 0 radical (unpaired) electrons. The molecule has 0 unspecified atom stereocenters. The highest BCUT2D eigenvalue weighted by molar-refractivity contribution is 6.00. The molecule has 1 atom stereocenters. The van der Waals surface area contributed by atoms with E-state index in [1.165, 1.54) is 20.2 Å². The summed E-state index contributed by atoms with van der Waals surface area (Å²) in [6.07, 6.45) is -1.69. The van der Waals surface area contributed by atoms with E-state index in [2.05, 4.69) is 21.1 Å². The zero-order valence-electron chi connectivity index (χ0n) is 23.4. The number of hydrogen-bond acceptors (Lipinski definition) is 6. The zero-order valence-corrected chi connectivity index (χ0v) is 23.4. The van der Waals surface area contributed by atoms with Gasteiger partial charge < -0.3 is 9.64 Å². The van der Waals surface area contributed by atoms with Crippen molar-refractivity contribution in [2.24, 2.45) is 0 Å². The number of alkyl halides is 3. The maximum atomic E-state index is 14.3. The smallest absolute Gasteiger partial charge is 0.433 e. The zero-order chi connectivity index (χ0) is 29.8. The molecule has 0 bridgehead atoms. The van der Waals surface area contributed by atoms with Gasteiger partial charge in [-0.2, -0.15) is 23.5 Å². The first-order valence-corrected chi connectivity index (χ1v) is 13.7. The van der Waals surface area contributed by atoms with Gasteiger partial charge in [-0.3, -0.25) is 9.69 Å². The number of nitrogens with zero attached hydrogens (tertiary/aromatic N) is 6. The van der Waals surface area contributed by atoms with E-state index in [0.29, 0.717) is 36.5 Å². The molecule has 0 spiro atoms. The summed E-state index contributed by atoms with van der Waals surface area (Å²) in [5, 5.41) is 13.7. The Bertz CT molecular complexity index is 1720. The number of hydrogen-bond donors (Lipinski definition) is 0. The highest BCUT2D eigenvalue weighted by Crippen LogP contribution is 2.52.